The van der Waals surface area contributed by atoms with E-state index in [0.717, 1.165) is 6.42 Å². The van der Waals surface area contributed by atoms with Gasteiger partial charge in [-0.2, -0.15) is 5.21 Å². The van der Waals surface area contributed by atoms with Gasteiger partial charge in [-0.3, -0.25) is 9.59 Å². The highest BCUT2D eigenvalue weighted by molar-refractivity contribution is 5.96. The molecule has 1 atom stereocenters. The Kier molecular flexibility index (Phi) is 4.13. The molecule has 1 amide bonds. The zero-order valence-corrected chi connectivity index (χ0v) is 12.5. The molecule has 0 bridgehead atoms. The molecular weight excluding hydrogens is 296 g/mol. The fourth-order valence-corrected chi connectivity index (χ4v) is 2.44. The summed E-state index contributed by atoms with van der Waals surface area (Å²) in [5, 5.41) is 17.8. The van der Waals surface area contributed by atoms with Crippen LogP contribution in [0.5, 0.6) is 0 Å². The first-order chi connectivity index (χ1) is 11.2. The van der Waals surface area contributed by atoms with E-state index in [1.807, 2.05) is 13.0 Å². The molecule has 2 aromatic heterocycles. The van der Waals surface area contributed by atoms with Crippen LogP contribution >= 0.6 is 0 Å². The van der Waals surface area contributed by atoms with Crippen LogP contribution in [-0.2, 0) is 0 Å². The SMILES string of the molecule is CCCC(NC(=O)c1cc2ccccc2c(=O)[nH]1)c1nn[nH]n1. The van der Waals surface area contributed by atoms with Gasteiger partial charge < -0.3 is 10.3 Å². The van der Waals surface area contributed by atoms with Crippen molar-refractivity contribution in [3.05, 3.63) is 52.2 Å². The molecular formula is C15H16N6O2. The van der Waals surface area contributed by atoms with Crippen molar-refractivity contribution in [1.29, 1.82) is 0 Å². The number of nitrogens with zero attached hydrogens (tertiary/aromatic N) is 3. The van der Waals surface area contributed by atoms with Gasteiger partial charge in [0.25, 0.3) is 11.5 Å². The van der Waals surface area contributed by atoms with E-state index in [9.17, 15) is 9.59 Å². The quantitative estimate of drug-likeness (QED) is 0.657. The normalized spacial score (nSPS) is 12.2. The fraction of sp³-hybridized carbons (Fsp3) is 0.267. The lowest BCUT2D eigenvalue weighted by atomic mass is 10.1. The summed E-state index contributed by atoms with van der Waals surface area (Å²) in [6.45, 7) is 2.00. The summed E-state index contributed by atoms with van der Waals surface area (Å²) < 4.78 is 0. The summed E-state index contributed by atoms with van der Waals surface area (Å²) >= 11 is 0. The minimum atomic E-state index is -0.379. The molecule has 0 aliphatic heterocycles. The van der Waals surface area contributed by atoms with Gasteiger partial charge >= 0.3 is 0 Å². The number of hydrogen-bond donors (Lipinski definition) is 3. The average molecular weight is 312 g/mol. The standard InChI is InChI=1S/C15H16N6O2/c1-2-5-11(13-18-20-21-19-13)16-15(23)12-8-9-6-3-4-7-10(9)14(22)17-12/h3-4,6-8,11H,2,5H2,1H3,(H,16,23)(H,17,22)(H,18,19,20,21). The average Bonchev–Trinajstić information content (AvgIpc) is 3.08. The topological polar surface area (TPSA) is 116 Å². The molecule has 0 aliphatic rings. The Morgan fingerprint density at radius 1 is 1.35 bits per heavy atom. The molecule has 3 N–H and O–H groups in total. The van der Waals surface area contributed by atoms with Crippen LogP contribution in [0.25, 0.3) is 10.8 Å². The lowest BCUT2D eigenvalue weighted by Gasteiger charge is -2.14. The van der Waals surface area contributed by atoms with Crippen LogP contribution in [-0.4, -0.2) is 31.5 Å². The van der Waals surface area contributed by atoms with Gasteiger partial charge in [-0.1, -0.05) is 36.8 Å². The molecule has 0 fully saturated rings. The molecule has 118 valence electrons. The van der Waals surface area contributed by atoms with Crippen molar-refractivity contribution < 1.29 is 4.79 Å². The van der Waals surface area contributed by atoms with Crippen LogP contribution in [0.4, 0.5) is 0 Å². The number of aromatic amines is 2. The Labute approximate surface area is 131 Å². The molecule has 8 heteroatoms. The van der Waals surface area contributed by atoms with E-state index >= 15 is 0 Å². The zero-order chi connectivity index (χ0) is 16.2. The van der Waals surface area contributed by atoms with Gasteiger partial charge in [0.2, 0.25) is 0 Å². The predicted molar refractivity (Wildman–Crippen MR) is 83.9 cm³/mol. The summed E-state index contributed by atoms with van der Waals surface area (Å²) in [7, 11) is 0. The first-order valence-electron chi connectivity index (χ1n) is 7.35. The monoisotopic (exact) mass is 312 g/mol. The molecule has 8 nitrogen and oxygen atoms in total. The Bertz CT molecular complexity index is 871. The molecule has 1 unspecified atom stereocenters. The molecule has 23 heavy (non-hydrogen) atoms. The number of carbonyl (C=O) groups is 1. The lowest BCUT2D eigenvalue weighted by Crippen LogP contribution is -2.31. The van der Waals surface area contributed by atoms with E-state index in [0.29, 0.717) is 23.0 Å². The minimum Gasteiger partial charge on any atom is -0.341 e. The van der Waals surface area contributed by atoms with E-state index in [4.69, 9.17) is 0 Å². The molecule has 0 spiro atoms. The third-order valence-corrected chi connectivity index (χ3v) is 3.55. The van der Waals surface area contributed by atoms with Crippen molar-refractivity contribution in [1.82, 2.24) is 30.9 Å². The van der Waals surface area contributed by atoms with Gasteiger partial charge in [0.15, 0.2) is 5.82 Å². The summed E-state index contributed by atoms with van der Waals surface area (Å²) in [6, 6.07) is 8.42. The van der Waals surface area contributed by atoms with E-state index in [1.165, 1.54) is 0 Å². The summed E-state index contributed by atoms with van der Waals surface area (Å²) in [6.07, 6.45) is 1.51. The van der Waals surface area contributed by atoms with Crippen molar-refractivity contribution in [2.24, 2.45) is 0 Å². The van der Waals surface area contributed by atoms with Gasteiger partial charge in [-0.25, -0.2) is 0 Å². The number of benzene rings is 1. The maximum atomic E-state index is 12.5. The zero-order valence-electron chi connectivity index (χ0n) is 12.5. The van der Waals surface area contributed by atoms with Crippen LogP contribution in [0.3, 0.4) is 0 Å². The highest BCUT2D eigenvalue weighted by atomic mass is 16.2. The maximum Gasteiger partial charge on any atom is 0.268 e. The first-order valence-corrected chi connectivity index (χ1v) is 7.35. The van der Waals surface area contributed by atoms with Gasteiger partial charge in [-0.15, -0.1) is 10.2 Å². The lowest BCUT2D eigenvalue weighted by molar-refractivity contribution is 0.0927. The van der Waals surface area contributed by atoms with Crippen molar-refractivity contribution in [3.8, 4) is 0 Å². The molecule has 1 aromatic carbocycles. The highest BCUT2D eigenvalue weighted by Crippen LogP contribution is 2.15. The van der Waals surface area contributed by atoms with Crippen molar-refractivity contribution in [2.75, 3.05) is 0 Å². The van der Waals surface area contributed by atoms with Crippen molar-refractivity contribution >= 4 is 16.7 Å². The van der Waals surface area contributed by atoms with Gasteiger partial charge in [0.1, 0.15) is 5.69 Å². The van der Waals surface area contributed by atoms with Crippen LogP contribution in [0.2, 0.25) is 0 Å². The number of nitrogens with one attached hydrogen (secondary N) is 3. The fourth-order valence-electron chi connectivity index (χ4n) is 2.44. The third kappa shape index (κ3) is 3.10. The summed E-state index contributed by atoms with van der Waals surface area (Å²) in [5.41, 5.74) is -0.0850. The molecule has 3 rings (SSSR count). The Morgan fingerprint density at radius 2 is 2.17 bits per heavy atom. The molecule has 0 aliphatic carbocycles. The van der Waals surface area contributed by atoms with E-state index in [2.05, 4.69) is 30.9 Å². The molecule has 2 heterocycles. The molecule has 0 saturated heterocycles. The van der Waals surface area contributed by atoms with Crippen LogP contribution < -0.4 is 10.9 Å². The molecule has 0 saturated carbocycles. The number of amides is 1. The largest absolute Gasteiger partial charge is 0.341 e. The van der Waals surface area contributed by atoms with Crippen LogP contribution in [0, 0.1) is 0 Å². The Hall–Kier alpha value is -3.03. The number of hydrogen-bond acceptors (Lipinski definition) is 5. The number of pyridine rings is 1. The predicted octanol–water partition coefficient (Wildman–Crippen LogP) is 1.31. The second-order valence-electron chi connectivity index (χ2n) is 5.18. The Morgan fingerprint density at radius 3 is 2.91 bits per heavy atom. The summed E-state index contributed by atoms with van der Waals surface area (Å²) in [4.78, 5) is 27.1. The number of fused-ring (bicyclic) bond motifs is 1. The second kappa shape index (κ2) is 6.39. The summed E-state index contributed by atoms with van der Waals surface area (Å²) in [5.74, 6) is 0.0411. The van der Waals surface area contributed by atoms with E-state index in [-0.39, 0.29) is 23.2 Å². The third-order valence-electron chi connectivity index (χ3n) is 3.55. The number of tetrazole rings is 1. The van der Waals surface area contributed by atoms with E-state index in [1.54, 1.807) is 24.3 Å². The number of carbonyl (C=O) groups excluding carboxylic acids is 1. The second-order valence-corrected chi connectivity index (χ2v) is 5.18. The number of H-pyrrole nitrogens is 2. The van der Waals surface area contributed by atoms with Crippen LogP contribution in [0.15, 0.2) is 35.1 Å². The van der Waals surface area contributed by atoms with E-state index < -0.39 is 0 Å². The molecule has 3 aromatic rings. The Balaban J connectivity index is 1.89. The number of aromatic nitrogens is 5. The van der Waals surface area contributed by atoms with Crippen molar-refractivity contribution in [2.45, 2.75) is 25.8 Å². The van der Waals surface area contributed by atoms with Gasteiger partial charge in [0.05, 0.1) is 6.04 Å². The first kappa shape index (κ1) is 14.9. The smallest absolute Gasteiger partial charge is 0.268 e. The molecule has 0 radical (unpaired) electrons. The minimum absolute atomic E-state index is 0.207. The highest BCUT2D eigenvalue weighted by Gasteiger charge is 2.19. The number of rotatable bonds is 5. The van der Waals surface area contributed by atoms with Gasteiger partial charge in [-0.05, 0) is 23.9 Å². The van der Waals surface area contributed by atoms with Crippen molar-refractivity contribution in [3.63, 3.8) is 0 Å². The van der Waals surface area contributed by atoms with Gasteiger partial charge in [0, 0.05) is 5.39 Å². The maximum absolute atomic E-state index is 12.5. The van der Waals surface area contributed by atoms with Crippen LogP contribution in [0.1, 0.15) is 42.1 Å².